The molecule has 1 aromatic rings. The summed E-state index contributed by atoms with van der Waals surface area (Å²) in [5.41, 5.74) is 2.27. The minimum atomic E-state index is 0.941. The van der Waals surface area contributed by atoms with E-state index in [1.165, 1.54) is 12.0 Å². The topological polar surface area (TPSA) is 12.4 Å². The predicted molar refractivity (Wildman–Crippen MR) is 53.2 cm³/mol. The molecule has 1 heteroatoms. The maximum atomic E-state index is 3.99. The molecule has 0 aliphatic heterocycles. The van der Waals surface area contributed by atoms with E-state index < -0.39 is 0 Å². The molecular weight excluding hydrogens is 146 g/mol. The first-order valence-electron chi connectivity index (χ1n) is 4.18. The molecule has 0 heterocycles. The van der Waals surface area contributed by atoms with Crippen molar-refractivity contribution in [1.29, 1.82) is 0 Å². The number of aryl methyl sites for hydroxylation is 1. The maximum absolute atomic E-state index is 3.99. The van der Waals surface area contributed by atoms with Crippen LogP contribution in [0.1, 0.15) is 18.9 Å². The van der Waals surface area contributed by atoms with Gasteiger partial charge in [-0.25, -0.2) is 4.99 Å². The summed E-state index contributed by atoms with van der Waals surface area (Å²) in [5, 5.41) is 0. The largest absolute Gasteiger partial charge is 0.207 e. The van der Waals surface area contributed by atoms with Crippen LogP contribution in [0.15, 0.2) is 35.8 Å². The fourth-order valence-electron chi connectivity index (χ4n) is 1.16. The van der Waals surface area contributed by atoms with E-state index in [1.54, 1.807) is 0 Å². The molecule has 0 N–H and O–H groups in total. The van der Waals surface area contributed by atoms with Crippen LogP contribution in [-0.2, 0) is 6.42 Å². The van der Waals surface area contributed by atoms with Crippen molar-refractivity contribution in [3.8, 4) is 0 Å². The highest BCUT2D eigenvalue weighted by molar-refractivity contribution is 5.55. The fraction of sp³-hybridized carbons (Fsp3) is 0.273. The highest BCUT2D eigenvalue weighted by Crippen LogP contribution is 2.14. The number of hydrogen-bond donors (Lipinski definition) is 0. The third-order valence-electron chi connectivity index (χ3n) is 1.66. The molecule has 0 aromatic heterocycles. The summed E-state index contributed by atoms with van der Waals surface area (Å²) in [6.45, 7) is 5.61. The Morgan fingerprint density at radius 3 is 3.00 bits per heavy atom. The smallest absolute Gasteiger partial charge is 0.0732 e. The van der Waals surface area contributed by atoms with Crippen molar-refractivity contribution in [3.63, 3.8) is 0 Å². The lowest BCUT2D eigenvalue weighted by atomic mass is 10.1. The van der Waals surface area contributed by atoms with Crippen LogP contribution < -0.4 is 0 Å². The summed E-state index contributed by atoms with van der Waals surface area (Å²) >= 11 is 0. The lowest BCUT2D eigenvalue weighted by Gasteiger charge is -1.97. The Balaban J connectivity index is 2.87. The summed E-state index contributed by atoms with van der Waals surface area (Å²) in [7, 11) is 0. The van der Waals surface area contributed by atoms with Crippen molar-refractivity contribution in [3.05, 3.63) is 36.4 Å². The molecule has 1 rings (SSSR count). The van der Waals surface area contributed by atoms with Crippen LogP contribution >= 0.6 is 0 Å². The monoisotopic (exact) mass is 159 g/mol. The van der Waals surface area contributed by atoms with Gasteiger partial charge in [0.05, 0.1) is 5.69 Å². The van der Waals surface area contributed by atoms with E-state index in [-0.39, 0.29) is 0 Å². The number of aliphatic imine (C=N–C) groups is 1. The quantitative estimate of drug-likeness (QED) is 0.601. The van der Waals surface area contributed by atoms with Crippen LogP contribution in [0, 0.1) is 0 Å². The minimum Gasteiger partial charge on any atom is -0.207 e. The van der Waals surface area contributed by atoms with Gasteiger partial charge in [0.25, 0.3) is 0 Å². The van der Waals surface area contributed by atoms with Gasteiger partial charge in [-0.3, -0.25) is 0 Å². The van der Waals surface area contributed by atoms with Crippen LogP contribution in [-0.4, -0.2) is 5.87 Å². The van der Waals surface area contributed by atoms with E-state index in [2.05, 4.69) is 36.5 Å². The van der Waals surface area contributed by atoms with Crippen molar-refractivity contribution in [2.75, 3.05) is 0 Å². The molecule has 1 nitrogen and oxygen atoms in total. The van der Waals surface area contributed by atoms with Crippen LogP contribution in [0.2, 0.25) is 0 Å². The summed E-state index contributed by atoms with van der Waals surface area (Å²) in [5.74, 6) is 2.53. The van der Waals surface area contributed by atoms with Gasteiger partial charge in [-0.1, -0.05) is 25.5 Å². The van der Waals surface area contributed by atoms with Gasteiger partial charge in [-0.2, -0.15) is 0 Å². The molecule has 0 aliphatic rings. The Labute approximate surface area is 73.5 Å². The van der Waals surface area contributed by atoms with Gasteiger partial charge in [0.1, 0.15) is 0 Å². The van der Waals surface area contributed by atoms with Crippen LogP contribution in [0.4, 0.5) is 5.69 Å². The van der Waals surface area contributed by atoms with Gasteiger partial charge < -0.3 is 0 Å². The maximum Gasteiger partial charge on any atom is 0.0732 e. The highest BCUT2D eigenvalue weighted by atomic mass is 14.7. The lowest BCUT2D eigenvalue weighted by Crippen LogP contribution is -1.80. The zero-order valence-corrected chi connectivity index (χ0v) is 7.38. The van der Waals surface area contributed by atoms with Crippen molar-refractivity contribution >= 4 is 11.6 Å². The number of rotatable bonds is 3. The van der Waals surface area contributed by atoms with E-state index in [0.29, 0.717) is 0 Å². The van der Waals surface area contributed by atoms with Crippen LogP contribution in [0.5, 0.6) is 0 Å². The summed E-state index contributed by atoms with van der Waals surface area (Å²) < 4.78 is 0. The third kappa shape index (κ3) is 2.37. The predicted octanol–water partition coefficient (Wildman–Crippen LogP) is 3.13. The second kappa shape index (κ2) is 4.53. The molecule has 0 radical (unpaired) electrons. The van der Waals surface area contributed by atoms with Crippen molar-refractivity contribution in [2.24, 2.45) is 4.99 Å². The average Bonchev–Trinajstić information content (AvgIpc) is 2.06. The van der Waals surface area contributed by atoms with Crippen molar-refractivity contribution in [2.45, 2.75) is 19.8 Å². The Morgan fingerprint density at radius 2 is 2.33 bits per heavy atom. The molecule has 0 bridgehead atoms. The molecule has 0 fully saturated rings. The second-order valence-electron chi connectivity index (χ2n) is 2.69. The van der Waals surface area contributed by atoms with Gasteiger partial charge in [-0.05, 0) is 36.6 Å². The van der Waals surface area contributed by atoms with Crippen molar-refractivity contribution in [1.82, 2.24) is 0 Å². The molecule has 0 saturated heterocycles. The second-order valence-corrected chi connectivity index (χ2v) is 2.69. The average molecular weight is 159 g/mol. The first-order chi connectivity index (χ1) is 5.86. The van der Waals surface area contributed by atoms with Gasteiger partial charge in [0.2, 0.25) is 0 Å². The molecule has 0 unspecified atom stereocenters. The molecule has 0 aliphatic carbocycles. The molecular formula is C11H13N. The molecule has 62 valence electrons. The summed E-state index contributed by atoms with van der Waals surface area (Å²) in [6.07, 6.45) is 2.28. The van der Waals surface area contributed by atoms with E-state index in [1.807, 2.05) is 12.1 Å². The molecule has 1 aromatic carbocycles. The number of benzene rings is 1. The van der Waals surface area contributed by atoms with Gasteiger partial charge in [0.15, 0.2) is 0 Å². The Hall–Kier alpha value is -1.33. The number of nitrogens with zero attached hydrogens (tertiary/aromatic N) is 1. The molecule has 0 spiro atoms. The minimum absolute atomic E-state index is 0.941. The molecule has 0 saturated carbocycles. The molecule has 0 amide bonds. The standard InChI is InChI=1S/C11H13N/c1-3-6-10-7-5-8-11(9-10)12-4-2/h5,7-9H,2-3,6H2,1H3. The van der Waals surface area contributed by atoms with Crippen LogP contribution in [0.25, 0.3) is 0 Å². The Morgan fingerprint density at radius 1 is 1.50 bits per heavy atom. The van der Waals surface area contributed by atoms with Crippen molar-refractivity contribution < 1.29 is 0 Å². The van der Waals surface area contributed by atoms with E-state index in [0.717, 1.165) is 12.1 Å². The van der Waals surface area contributed by atoms with Gasteiger partial charge in [-0.15, -0.1) is 0 Å². The van der Waals surface area contributed by atoms with E-state index in [4.69, 9.17) is 0 Å². The Kier molecular flexibility index (Phi) is 3.31. The summed E-state index contributed by atoms with van der Waals surface area (Å²) in [4.78, 5) is 3.99. The van der Waals surface area contributed by atoms with Gasteiger partial charge in [0, 0.05) is 0 Å². The normalized spacial score (nSPS) is 9.08. The fourth-order valence-corrected chi connectivity index (χ4v) is 1.16. The van der Waals surface area contributed by atoms with E-state index >= 15 is 0 Å². The third-order valence-corrected chi connectivity index (χ3v) is 1.66. The molecule has 0 atom stereocenters. The highest BCUT2D eigenvalue weighted by Gasteiger charge is 1.91. The number of hydrogen-bond acceptors (Lipinski definition) is 1. The zero-order chi connectivity index (χ0) is 8.81. The first kappa shape index (κ1) is 8.76. The zero-order valence-electron chi connectivity index (χ0n) is 7.38. The van der Waals surface area contributed by atoms with E-state index in [9.17, 15) is 0 Å². The SMILES string of the molecule is C=C=Nc1cccc(CCC)c1. The first-order valence-corrected chi connectivity index (χ1v) is 4.18. The lowest BCUT2D eigenvalue weighted by molar-refractivity contribution is 0.922. The summed E-state index contributed by atoms with van der Waals surface area (Å²) in [6, 6.07) is 8.16. The Bertz CT molecular complexity index is 296. The molecule has 12 heavy (non-hydrogen) atoms. The van der Waals surface area contributed by atoms with Crippen LogP contribution in [0.3, 0.4) is 0 Å². The van der Waals surface area contributed by atoms with Gasteiger partial charge >= 0.3 is 0 Å².